The molecule has 0 amide bonds. The molecule has 1 atom stereocenters. The van der Waals surface area contributed by atoms with Crippen molar-refractivity contribution in [2.75, 3.05) is 6.54 Å². The highest BCUT2D eigenvalue weighted by atomic mass is 16.5. The molecule has 1 fully saturated rings. The van der Waals surface area contributed by atoms with Crippen molar-refractivity contribution in [3.05, 3.63) is 35.9 Å². The van der Waals surface area contributed by atoms with E-state index in [1.807, 2.05) is 37.3 Å². The van der Waals surface area contributed by atoms with Crippen LogP contribution in [0, 0.1) is 0 Å². The molecule has 1 aliphatic rings. The van der Waals surface area contributed by atoms with Crippen LogP contribution in [0.5, 0.6) is 0 Å². The zero-order valence-corrected chi connectivity index (χ0v) is 8.82. The maximum absolute atomic E-state index is 11.6. The molecule has 0 unspecified atom stereocenters. The number of carbonyl (C=O) groups is 1. The van der Waals surface area contributed by atoms with Gasteiger partial charge in [0.25, 0.3) is 0 Å². The van der Waals surface area contributed by atoms with Crippen LogP contribution in [0.2, 0.25) is 0 Å². The fraction of sp³-hybridized carbons (Fsp3) is 0.417. The minimum atomic E-state index is -0.450. The number of nitrogens with one attached hydrogen (secondary N) is 1. The first-order valence-corrected chi connectivity index (χ1v) is 5.17. The molecule has 0 radical (unpaired) electrons. The summed E-state index contributed by atoms with van der Waals surface area (Å²) in [6, 6.07) is 9.71. The summed E-state index contributed by atoms with van der Waals surface area (Å²) in [5.74, 6) is -0.155. The van der Waals surface area contributed by atoms with Crippen LogP contribution in [0.25, 0.3) is 0 Å². The number of carbonyl (C=O) groups excluding carboxylic acids is 1. The number of benzene rings is 1. The SMILES string of the molecule is C[C@@]1(C(=O)OCc2ccccc2)CCN1. The molecule has 0 aromatic heterocycles. The summed E-state index contributed by atoms with van der Waals surface area (Å²) in [4.78, 5) is 11.6. The van der Waals surface area contributed by atoms with Crippen LogP contribution >= 0.6 is 0 Å². The predicted molar refractivity (Wildman–Crippen MR) is 57.3 cm³/mol. The molecule has 0 spiro atoms. The van der Waals surface area contributed by atoms with E-state index in [1.165, 1.54) is 0 Å². The number of hydrogen-bond donors (Lipinski definition) is 1. The Morgan fingerprint density at radius 2 is 2.13 bits per heavy atom. The average molecular weight is 205 g/mol. The van der Waals surface area contributed by atoms with E-state index in [0.29, 0.717) is 6.61 Å². The molecule has 2 rings (SSSR count). The average Bonchev–Trinajstić information content (AvgIpc) is 2.24. The summed E-state index contributed by atoms with van der Waals surface area (Å²) < 4.78 is 5.23. The maximum Gasteiger partial charge on any atom is 0.326 e. The second-order valence-electron chi connectivity index (χ2n) is 4.07. The van der Waals surface area contributed by atoms with E-state index in [9.17, 15) is 4.79 Å². The fourth-order valence-corrected chi connectivity index (χ4v) is 1.56. The van der Waals surface area contributed by atoms with E-state index >= 15 is 0 Å². The van der Waals surface area contributed by atoms with Crippen molar-refractivity contribution in [3.63, 3.8) is 0 Å². The summed E-state index contributed by atoms with van der Waals surface area (Å²) in [5.41, 5.74) is 0.572. The quantitative estimate of drug-likeness (QED) is 0.760. The predicted octanol–water partition coefficient (Wildman–Crippen LogP) is 1.48. The third-order valence-electron chi connectivity index (χ3n) is 2.80. The van der Waals surface area contributed by atoms with E-state index in [-0.39, 0.29) is 5.97 Å². The van der Waals surface area contributed by atoms with Gasteiger partial charge in [0.15, 0.2) is 0 Å². The lowest BCUT2D eigenvalue weighted by molar-refractivity contribution is -0.155. The van der Waals surface area contributed by atoms with Crippen molar-refractivity contribution in [1.82, 2.24) is 5.32 Å². The van der Waals surface area contributed by atoms with Crippen molar-refractivity contribution < 1.29 is 9.53 Å². The van der Waals surface area contributed by atoms with Gasteiger partial charge in [0.2, 0.25) is 0 Å². The number of rotatable bonds is 3. The molecule has 1 saturated heterocycles. The highest BCUT2D eigenvalue weighted by Gasteiger charge is 2.40. The smallest absolute Gasteiger partial charge is 0.326 e. The molecular weight excluding hydrogens is 190 g/mol. The summed E-state index contributed by atoms with van der Waals surface area (Å²) in [6.07, 6.45) is 0.862. The minimum absolute atomic E-state index is 0.155. The Balaban J connectivity index is 1.86. The molecule has 1 heterocycles. The first-order valence-electron chi connectivity index (χ1n) is 5.17. The lowest BCUT2D eigenvalue weighted by Gasteiger charge is -2.37. The van der Waals surface area contributed by atoms with Gasteiger partial charge in [-0.3, -0.25) is 4.79 Å². The highest BCUT2D eigenvalue weighted by molar-refractivity contribution is 5.81. The Morgan fingerprint density at radius 1 is 1.47 bits per heavy atom. The number of ether oxygens (including phenoxy) is 1. The van der Waals surface area contributed by atoms with E-state index in [1.54, 1.807) is 0 Å². The summed E-state index contributed by atoms with van der Waals surface area (Å²) in [5, 5.41) is 3.08. The number of hydrogen-bond acceptors (Lipinski definition) is 3. The molecule has 0 bridgehead atoms. The van der Waals surface area contributed by atoms with E-state index < -0.39 is 5.54 Å². The monoisotopic (exact) mass is 205 g/mol. The second-order valence-corrected chi connectivity index (χ2v) is 4.07. The van der Waals surface area contributed by atoms with Gasteiger partial charge in [-0.05, 0) is 25.5 Å². The van der Waals surface area contributed by atoms with Gasteiger partial charge >= 0.3 is 5.97 Å². The van der Waals surface area contributed by atoms with E-state index in [4.69, 9.17) is 4.74 Å². The molecule has 1 N–H and O–H groups in total. The van der Waals surface area contributed by atoms with Crippen LogP contribution in [0.4, 0.5) is 0 Å². The van der Waals surface area contributed by atoms with Gasteiger partial charge in [0.1, 0.15) is 12.1 Å². The van der Waals surface area contributed by atoms with Crippen molar-refractivity contribution >= 4 is 5.97 Å². The third kappa shape index (κ3) is 2.18. The van der Waals surface area contributed by atoms with Crippen LogP contribution in [0.1, 0.15) is 18.9 Å². The largest absolute Gasteiger partial charge is 0.459 e. The molecule has 0 aliphatic carbocycles. The Hall–Kier alpha value is -1.35. The molecule has 80 valence electrons. The fourth-order valence-electron chi connectivity index (χ4n) is 1.56. The van der Waals surface area contributed by atoms with Crippen molar-refractivity contribution in [2.45, 2.75) is 25.5 Å². The van der Waals surface area contributed by atoms with Gasteiger partial charge in [0.05, 0.1) is 0 Å². The summed E-state index contributed by atoms with van der Waals surface area (Å²) in [7, 11) is 0. The van der Waals surface area contributed by atoms with Gasteiger partial charge < -0.3 is 10.1 Å². The highest BCUT2D eigenvalue weighted by Crippen LogP contribution is 2.19. The first kappa shape index (κ1) is 10.2. The van der Waals surface area contributed by atoms with E-state index in [0.717, 1.165) is 18.5 Å². The van der Waals surface area contributed by atoms with Gasteiger partial charge in [-0.2, -0.15) is 0 Å². The van der Waals surface area contributed by atoms with Gasteiger partial charge in [-0.1, -0.05) is 30.3 Å². The van der Waals surface area contributed by atoms with Crippen molar-refractivity contribution in [1.29, 1.82) is 0 Å². The topological polar surface area (TPSA) is 38.3 Å². The van der Waals surface area contributed by atoms with Gasteiger partial charge in [-0.25, -0.2) is 0 Å². The second kappa shape index (κ2) is 4.03. The molecule has 1 aromatic carbocycles. The van der Waals surface area contributed by atoms with Crippen molar-refractivity contribution in [3.8, 4) is 0 Å². The normalized spacial score (nSPS) is 24.3. The van der Waals surface area contributed by atoms with Gasteiger partial charge in [-0.15, -0.1) is 0 Å². The van der Waals surface area contributed by atoms with Crippen LogP contribution in [-0.4, -0.2) is 18.1 Å². The zero-order chi connectivity index (χ0) is 10.7. The molecule has 1 aliphatic heterocycles. The van der Waals surface area contributed by atoms with Gasteiger partial charge in [0, 0.05) is 0 Å². The minimum Gasteiger partial charge on any atom is -0.459 e. The molecule has 3 nitrogen and oxygen atoms in total. The molecule has 3 heteroatoms. The Labute approximate surface area is 89.4 Å². The van der Waals surface area contributed by atoms with Crippen LogP contribution in [0.3, 0.4) is 0 Å². The van der Waals surface area contributed by atoms with Crippen molar-refractivity contribution in [2.24, 2.45) is 0 Å². The molecule has 1 aromatic rings. The van der Waals surface area contributed by atoms with Crippen LogP contribution in [-0.2, 0) is 16.1 Å². The standard InChI is InChI=1S/C12H15NO2/c1-12(7-8-13-12)11(14)15-9-10-5-3-2-4-6-10/h2-6,13H,7-9H2,1H3/t12-/m0/s1. The molecule has 15 heavy (non-hydrogen) atoms. The van der Waals surface area contributed by atoms with Crippen LogP contribution in [0.15, 0.2) is 30.3 Å². The summed E-state index contributed by atoms with van der Waals surface area (Å²) in [6.45, 7) is 3.14. The Kier molecular flexibility index (Phi) is 2.73. The first-order chi connectivity index (χ1) is 7.21. The number of esters is 1. The molecule has 0 saturated carbocycles. The Morgan fingerprint density at radius 3 is 2.67 bits per heavy atom. The summed E-state index contributed by atoms with van der Waals surface area (Å²) >= 11 is 0. The molecular formula is C12H15NO2. The Bertz CT molecular complexity index is 344. The van der Waals surface area contributed by atoms with Crippen LogP contribution < -0.4 is 5.32 Å². The third-order valence-corrected chi connectivity index (χ3v) is 2.80. The lowest BCUT2D eigenvalue weighted by Crippen LogP contribution is -2.60. The van der Waals surface area contributed by atoms with E-state index in [2.05, 4.69) is 5.32 Å². The lowest BCUT2D eigenvalue weighted by atomic mass is 9.90. The zero-order valence-electron chi connectivity index (χ0n) is 8.82. The maximum atomic E-state index is 11.6.